The van der Waals surface area contributed by atoms with Crippen LogP contribution in [0, 0.1) is 11.8 Å². The SMILES string of the molecule is CC[C@@H](O)[C@@H](C)C(=O)[C@@H](C)C(=O)O. The number of carboxylic acids is 1. The highest BCUT2D eigenvalue weighted by molar-refractivity contribution is 5.99. The van der Waals surface area contributed by atoms with Gasteiger partial charge < -0.3 is 10.2 Å². The summed E-state index contributed by atoms with van der Waals surface area (Å²) >= 11 is 0. The van der Waals surface area contributed by atoms with Crippen molar-refractivity contribution >= 4 is 11.8 Å². The summed E-state index contributed by atoms with van der Waals surface area (Å²) in [6, 6.07) is 0. The molecule has 3 atom stereocenters. The number of carbonyl (C=O) groups is 2. The number of ketones is 1. The first-order valence-electron chi connectivity index (χ1n) is 4.36. The molecule has 0 aromatic carbocycles. The van der Waals surface area contributed by atoms with Crippen LogP contribution in [0.5, 0.6) is 0 Å². The molecule has 0 aromatic heterocycles. The molecule has 2 N–H and O–H groups in total. The van der Waals surface area contributed by atoms with Crippen LogP contribution in [0.15, 0.2) is 0 Å². The van der Waals surface area contributed by atoms with Crippen molar-refractivity contribution in [2.24, 2.45) is 11.8 Å². The third kappa shape index (κ3) is 3.14. The molecule has 4 nitrogen and oxygen atoms in total. The van der Waals surface area contributed by atoms with E-state index in [0.717, 1.165) is 0 Å². The first kappa shape index (κ1) is 12.1. The molecule has 0 aliphatic rings. The molecule has 0 rings (SSSR count). The van der Waals surface area contributed by atoms with E-state index in [1.165, 1.54) is 6.92 Å². The summed E-state index contributed by atoms with van der Waals surface area (Å²) in [4.78, 5) is 21.8. The van der Waals surface area contributed by atoms with Crippen LogP contribution in [0.4, 0.5) is 0 Å². The monoisotopic (exact) mass is 188 g/mol. The highest BCUT2D eigenvalue weighted by Crippen LogP contribution is 2.13. The minimum Gasteiger partial charge on any atom is -0.481 e. The molecule has 0 aliphatic carbocycles. The Morgan fingerprint density at radius 1 is 1.31 bits per heavy atom. The Hall–Kier alpha value is -0.900. The van der Waals surface area contributed by atoms with Gasteiger partial charge in [0.15, 0.2) is 5.78 Å². The van der Waals surface area contributed by atoms with Crippen LogP contribution < -0.4 is 0 Å². The molecule has 0 bridgehead atoms. The van der Waals surface area contributed by atoms with Gasteiger partial charge >= 0.3 is 5.97 Å². The third-order valence-corrected chi connectivity index (χ3v) is 2.24. The molecule has 0 unspecified atom stereocenters. The molecule has 0 heterocycles. The summed E-state index contributed by atoms with van der Waals surface area (Å²) in [6.07, 6.45) is -0.284. The highest BCUT2D eigenvalue weighted by atomic mass is 16.4. The van der Waals surface area contributed by atoms with Crippen molar-refractivity contribution in [1.82, 2.24) is 0 Å². The van der Waals surface area contributed by atoms with E-state index in [0.29, 0.717) is 6.42 Å². The van der Waals surface area contributed by atoms with Gasteiger partial charge in [0.25, 0.3) is 0 Å². The molecular formula is C9H16O4. The number of hydrogen-bond acceptors (Lipinski definition) is 3. The Bertz CT molecular complexity index is 200. The second-order valence-electron chi connectivity index (χ2n) is 3.23. The van der Waals surface area contributed by atoms with Crippen LogP contribution in [-0.4, -0.2) is 28.1 Å². The molecule has 0 aromatic rings. The number of carboxylic acid groups (broad SMARTS) is 1. The standard InChI is InChI=1S/C9H16O4/c1-4-7(10)5(2)8(11)6(3)9(12)13/h5-7,10H,4H2,1-3H3,(H,12,13)/t5-,6-,7-/m1/s1. The first-order valence-corrected chi connectivity index (χ1v) is 4.36. The molecule has 0 radical (unpaired) electrons. The average Bonchev–Trinajstić information content (AvgIpc) is 2.12. The Morgan fingerprint density at radius 3 is 2.08 bits per heavy atom. The first-order chi connectivity index (χ1) is 5.91. The minimum absolute atomic E-state index is 0.415. The predicted molar refractivity (Wildman–Crippen MR) is 47.3 cm³/mol. The van der Waals surface area contributed by atoms with E-state index in [4.69, 9.17) is 5.11 Å². The molecule has 76 valence electrons. The van der Waals surface area contributed by atoms with Gasteiger partial charge in [-0.2, -0.15) is 0 Å². The second-order valence-corrected chi connectivity index (χ2v) is 3.23. The van der Waals surface area contributed by atoms with Crippen molar-refractivity contribution in [1.29, 1.82) is 0 Å². The number of aliphatic carboxylic acids is 1. The molecule has 0 fully saturated rings. The Morgan fingerprint density at radius 2 is 1.77 bits per heavy atom. The summed E-state index contributed by atoms with van der Waals surface area (Å²) in [6.45, 7) is 4.64. The predicted octanol–water partition coefficient (Wildman–Crippen LogP) is 0.683. The number of Topliss-reactive ketones (excluding diaryl/α,β-unsaturated/α-hetero) is 1. The van der Waals surface area contributed by atoms with Crippen molar-refractivity contribution < 1.29 is 19.8 Å². The van der Waals surface area contributed by atoms with Gasteiger partial charge in [-0.25, -0.2) is 0 Å². The van der Waals surface area contributed by atoms with E-state index in [1.807, 2.05) is 0 Å². The molecular weight excluding hydrogens is 172 g/mol. The van der Waals surface area contributed by atoms with E-state index in [-0.39, 0.29) is 0 Å². The molecule has 0 aliphatic heterocycles. The zero-order chi connectivity index (χ0) is 10.6. The topological polar surface area (TPSA) is 74.6 Å². The van der Waals surface area contributed by atoms with Crippen LogP contribution >= 0.6 is 0 Å². The smallest absolute Gasteiger partial charge is 0.313 e. The van der Waals surface area contributed by atoms with Gasteiger partial charge in [-0.15, -0.1) is 0 Å². The maximum atomic E-state index is 11.3. The largest absolute Gasteiger partial charge is 0.481 e. The second kappa shape index (κ2) is 4.97. The lowest BCUT2D eigenvalue weighted by atomic mass is 9.90. The lowest BCUT2D eigenvalue weighted by Gasteiger charge is -2.17. The molecule has 0 spiro atoms. The van der Waals surface area contributed by atoms with E-state index < -0.39 is 29.7 Å². The molecule has 13 heavy (non-hydrogen) atoms. The van der Waals surface area contributed by atoms with Crippen molar-refractivity contribution in [2.75, 3.05) is 0 Å². The fraction of sp³-hybridized carbons (Fsp3) is 0.778. The summed E-state index contributed by atoms with van der Waals surface area (Å²) < 4.78 is 0. The van der Waals surface area contributed by atoms with E-state index in [1.54, 1.807) is 13.8 Å². The quantitative estimate of drug-likeness (QED) is 0.622. The van der Waals surface area contributed by atoms with Gasteiger partial charge in [0.2, 0.25) is 0 Å². The molecule has 0 saturated heterocycles. The van der Waals surface area contributed by atoms with Crippen molar-refractivity contribution in [3.8, 4) is 0 Å². The lowest BCUT2D eigenvalue weighted by Crippen LogP contribution is -2.32. The lowest BCUT2D eigenvalue weighted by molar-refractivity contribution is -0.147. The van der Waals surface area contributed by atoms with E-state index in [9.17, 15) is 14.7 Å². The van der Waals surface area contributed by atoms with Crippen LogP contribution in [0.25, 0.3) is 0 Å². The summed E-state index contributed by atoms with van der Waals surface area (Å²) in [5.41, 5.74) is 0. The minimum atomic E-state index is -1.14. The summed E-state index contributed by atoms with van der Waals surface area (Å²) in [5, 5.41) is 17.9. The van der Waals surface area contributed by atoms with Crippen LogP contribution in [0.3, 0.4) is 0 Å². The van der Waals surface area contributed by atoms with E-state index >= 15 is 0 Å². The third-order valence-electron chi connectivity index (χ3n) is 2.24. The van der Waals surface area contributed by atoms with Gasteiger partial charge in [-0.05, 0) is 13.3 Å². The summed E-state index contributed by atoms with van der Waals surface area (Å²) in [7, 11) is 0. The number of aliphatic hydroxyl groups excluding tert-OH is 1. The number of carbonyl (C=O) groups excluding carboxylic acids is 1. The zero-order valence-electron chi connectivity index (χ0n) is 8.15. The Labute approximate surface area is 77.6 Å². The van der Waals surface area contributed by atoms with Crippen molar-refractivity contribution in [3.05, 3.63) is 0 Å². The van der Waals surface area contributed by atoms with Crippen LogP contribution in [-0.2, 0) is 9.59 Å². The number of rotatable bonds is 5. The average molecular weight is 188 g/mol. The molecule has 4 heteroatoms. The maximum absolute atomic E-state index is 11.3. The highest BCUT2D eigenvalue weighted by Gasteiger charge is 2.29. The van der Waals surface area contributed by atoms with Crippen molar-refractivity contribution in [2.45, 2.75) is 33.3 Å². The normalized spacial score (nSPS) is 17.5. The van der Waals surface area contributed by atoms with E-state index in [2.05, 4.69) is 0 Å². The number of hydrogen-bond donors (Lipinski definition) is 2. The van der Waals surface area contributed by atoms with Crippen LogP contribution in [0.1, 0.15) is 27.2 Å². The summed E-state index contributed by atoms with van der Waals surface area (Å²) in [5.74, 6) is -3.19. The van der Waals surface area contributed by atoms with Crippen LogP contribution in [0.2, 0.25) is 0 Å². The fourth-order valence-corrected chi connectivity index (χ4v) is 1.06. The van der Waals surface area contributed by atoms with Gasteiger partial charge in [0.1, 0.15) is 5.92 Å². The number of aliphatic hydroxyl groups is 1. The Balaban J connectivity index is 4.33. The zero-order valence-corrected chi connectivity index (χ0v) is 8.15. The van der Waals surface area contributed by atoms with Gasteiger partial charge in [-0.1, -0.05) is 13.8 Å². The Kier molecular flexibility index (Phi) is 4.62. The van der Waals surface area contributed by atoms with Gasteiger partial charge in [0, 0.05) is 5.92 Å². The molecule has 0 amide bonds. The van der Waals surface area contributed by atoms with Gasteiger partial charge in [-0.3, -0.25) is 9.59 Å². The van der Waals surface area contributed by atoms with Crippen molar-refractivity contribution in [3.63, 3.8) is 0 Å². The van der Waals surface area contributed by atoms with Gasteiger partial charge in [0.05, 0.1) is 6.10 Å². The molecule has 0 saturated carbocycles. The maximum Gasteiger partial charge on any atom is 0.313 e. The fourth-order valence-electron chi connectivity index (χ4n) is 1.06.